The quantitative estimate of drug-likeness (QED) is 0.770. The average Bonchev–Trinajstić information content (AvgIpc) is 2.84. The molecule has 1 fully saturated rings. The normalized spacial score (nSPS) is 16.5. The van der Waals surface area contributed by atoms with E-state index >= 15 is 0 Å². The zero-order valence-corrected chi connectivity index (χ0v) is 11.6. The molecule has 1 aliphatic rings. The summed E-state index contributed by atoms with van der Waals surface area (Å²) in [5.74, 6) is 2.38. The SMILES string of the molecule is Cc1ccccc1CSCCNC1CCCC1. The highest BCUT2D eigenvalue weighted by Gasteiger charge is 2.13. The maximum absolute atomic E-state index is 3.66. The molecule has 0 unspecified atom stereocenters. The first-order valence-electron chi connectivity index (χ1n) is 6.72. The van der Waals surface area contributed by atoms with E-state index in [-0.39, 0.29) is 0 Å². The van der Waals surface area contributed by atoms with Gasteiger partial charge >= 0.3 is 0 Å². The molecule has 0 radical (unpaired) electrons. The van der Waals surface area contributed by atoms with E-state index < -0.39 is 0 Å². The van der Waals surface area contributed by atoms with Crippen LogP contribution >= 0.6 is 11.8 Å². The van der Waals surface area contributed by atoms with E-state index in [9.17, 15) is 0 Å². The van der Waals surface area contributed by atoms with Crippen molar-refractivity contribution in [3.63, 3.8) is 0 Å². The summed E-state index contributed by atoms with van der Waals surface area (Å²) in [5, 5.41) is 3.66. The molecule has 0 aliphatic heterocycles. The van der Waals surface area contributed by atoms with E-state index in [1.54, 1.807) is 0 Å². The summed E-state index contributed by atoms with van der Waals surface area (Å²) in [7, 11) is 0. The van der Waals surface area contributed by atoms with E-state index in [4.69, 9.17) is 0 Å². The van der Waals surface area contributed by atoms with Crippen LogP contribution in [-0.4, -0.2) is 18.3 Å². The molecule has 1 N–H and O–H groups in total. The minimum atomic E-state index is 0.814. The van der Waals surface area contributed by atoms with Crippen LogP contribution in [0.4, 0.5) is 0 Å². The Morgan fingerprint density at radius 1 is 1.24 bits per heavy atom. The Labute approximate surface area is 109 Å². The summed E-state index contributed by atoms with van der Waals surface area (Å²) in [6, 6.07) is 9.51. The maximum Gasteiger partial charge on any atom is 0.0187 e. The Morgan fingerprint density at radius 2 is 2.00 bits per heavy atom. The van der Waals surface area contributed by atoms with Gasteiger partial charge in [-0.25, -0.2) is 0 Å². The first-order chi connectivity index (χ1) is 8.36. The van der Waals surface area contributed by atoms with Gasteiger partial charge in [0.25, 0.3) is 0 Å². The Kier molecular flexibility index (Phi) is 5.40. The smallest absolute Gasteiger partial charge is 0.0187 e. The molecule has 0 amide bonds. The molecule has 1 aromatic carbocycles. The monoisotopic (exact) mass is 249 g/mol. The predicted octanol–water partition coefficient (Wildman–Crippen LogP) is 3.76. The van der Waals surface area contributed by atoms with Gasteiger partial charge in [-0.3, -0.25) is 0 Å². The highest BCUT2D eigenvalue weighted by molar-refractivity contribution is 7.98. The minimum Gasteiger partial charge on any atom is -0.313 e. The fourth-order valence-corrected chi connectivity index (χ4v) is 3.37. The number of hydrogen-bond donors (Lipinski definition) is 1. The Morgan fingerprint density at radius 3 is 2.76 bits per heavy atom. The summed E-state index contributed by atoms with van der Waals surface area (Å²) >= 11 is 2.04. The second-order valence-corrected chi connectivity index (χ2v) is 6.02. The van der Waals surface area contributed by atoms with Crippen molar-refractivity contribution in [3.05, 3.63) is 35.4 Å². The van der Waals surface area contributed by atoms with Crippen LogP contribution in [0.2, 0.25) is 0 Å². The highest BCUT2D eigenvalue weighted by Crippen LogP contribution is 2.18. The van der Waals surface area contributed by atoms with Crippen LogP contribution < -0.4 is 5.32 Å². The molecule has 17 heavy (non-hydrogen) atoms. The molecule has 1 aromatic rings. The Bertz CT molecular complexity index is 331. The molecule has 0 saturated heterocycles. The lowest BCUT2D eigenvalue weighted by atomic mass is 10.1. The van der Waals surface area contributed by atoms with Gasteiger partial charge in [0.1, 0.15) is 0 Å². The van der Waals surface area contributed by atoms with Crippen molar-refractivity contribution in [1.29, 1.82) is 0 Å². The molecule has 1 aliphatic carbocycles. The van der Waals surface area contributed by atoms with Crippen LogP contribution in [0.5, 0.6) is 0 Å². The third-order valence-corrected chi connectivity index (χ3v) is 4.56. The van der Waals surface area contributed by atoms with Crippen LogP contribution in [0.3, 0.4) is 0 Å². The van der Waals surface area contributed by atoms with Crippen molar-refractivity contribution in [2.45, 2.75) is 44.4 Å². The number of nitrogens with one attached hydrogen (secondary N) is 1. The maximum atomic E-state index is 3.66. The number of aryl methyl sites for hydroxylation is 1. The summed E-state index contributed by atoms with van der Waals surface area (Å²) in [6.45, 7) is 3.37. The van der Waals surface area contributed by atoms with Gasteiger partial charge in [-0.05, 0) is 30.9 Å². The predicted molar refractivity (Wildman–Crippen MR) is 77.6 cm³/mol. The number of hydrogen-bond acceptors (Lipinski definition) is 2. The lowest BCUT2D eigenvalue weighted by Crippen LogP contribution is -2.28. The van der Waals surface area contributed by atoms with Gasteiger partial charge in [0, 0.05) is 24.1 Å². The largest absolute Gasteiger partial charge is 0.313 e. The van der Waals surface area contributed by atoms with Crippen molar-refractivity contribution < 1.29 is 0 Å². The van der Waals surface area contributed by atoms with E-state index in [1.807, 2.05) is 11.8 Å². The molecule has 0 bridgehead atoms. The Hall–Kier alpha value is -0.470. The third kappa shape index (κ3) is 4.36. The second kappa shape index (κ2) is 7.07. The first-order valence-corrected chi connectivity index (χ1v) is 7.87. The van der Waals surface area contributed by atoms with Gasteiger partial charge in [0.2, 0.25) is 0 Å². The van der Waals surface area contributed by atoms with Crippen molar-refractivity contribution in [3.8, 4) is 0 Å². The zero-order chi connectivity index (χ0) is 11.9. The second-order valence-electron chi connectivity index (χ2n) is 4.91. The number of rotatable bonds is 6. The summed E-state index contributed by atoms with van der Waals surface area (Å²) in [6.07, 6.45) is 5.63. The molecule has 94 valence electrons. The van der Waals surface area contributed by atoms with Gasteiger partial charge in [-0.1, -0.05) is 37.1 Å². The Balaban J connectivity index is 1.58. The molecule has 2 heteroatoms. The molecule has 1 nitrogen and oxygen atoms in total. The van der Waals surface area contributed by atoms with Gasteiger partial charge in [-0.2, -0.15) is 11.8 Å². The number of thioether (sulfide) groups is 1. The molecule has 0 heterocycles. The van der Waals surface area contributed by atoms with Gasteiger partial charge in [0.05, 0.1) is 0 Å². The zero-order valence-electron chi connectivity index (χ0n) is 10.7. The van der Waals surface area contributed by atoms with Crippen LogP contribution in [0.25, 0.3) is 0 Å². The summed E-state index contributed by atoms with van der Waals surface area (Å²) in [5.41, 5.74) is 2.90. The van der Waals surface area contributed by atoms with E-state index in [0.717, 1.165) is 11.8 Å². The molecule has 0 atom stereocenters. The van der Waals surface area contributed by atoms with Crippen molar-refractivity contribution >= 4 is 11.8 Å². The topological polar surface area (TPSA) is 12.0 Å². The molecular weight excluding hydrogens is 226 g/mol. The highest BCUT2D eigenvalue weighted by atomic mass is 32.2. The fourth-order valence-electron chi connectivity index (χ4n) is 2.42. The standard InChI is InChI=1S/C15H23NS/c1-13-6-2-3-7-14(13)12-17-11-10-16-15-8-4-5-9-15/h2-3,6-7,15-16H,4-5,8-12H2,1H3. The van der Waals surface area contributed by atoms with E-state index in [1.165, 1.54) is 49.1 Å². The van der Waals surface area contributed by atoms with Gasteiger partial charge < -0.3 is 5.32 Å². The molecule has 2 rings (SSSR count). The van der Waals surface area contributed by atoms with E-state index in [0.29, 0.717) is 0 Å². The fraction of sp³-hybridized carbons (Fsp3) is 0.600. The molecule has 1 saturated carbocycles. The average molecular weight is 249 g/mol. The lowest BCUT2D eigenvalue weighted by Gasteiger charge is -2.11. The lowest BCUT2D eigenvalue weighted by molar-refractivity contribution is 0.545. The van der Waals surface area contributed by atoms with Crippen LogP contribution in [0, 0.1) is 6.92 Å². The van der Waals surface area contributed by atoms with Crippen LogP contribution in [0.15, 0.2) is 24.3 Å². The van der Waals surface area contributed by atoms with Crippen molar-refractivity contribution in [2.24, 2.45) is 0 Å². The summed E-state index contributed by atoms with van der Waals surface area (Å²) in [4.78, 5) is 0. The molecule has 0 aromatic heterocycles. The van der Waals surface area contributed by atoms with Gasteiger partial charge in [-0.15, -0.1) is 0 Å². The van der Waals surface area contributed by atoms with Crippen molar-refractivity contribution in [1.82, 2.24) is 5.32 Å². The summed E-state index contributed by atoms with van der Waals surface area (Å²) < 4.78 is 0. The number of benzene rings is 1. The van der Waals surface area contributed by atoms with Crippen molar-refractivity contribution in [2.75, 3.05) is 12.3 Å². The minimum absolute atomic E-state index is 0.814. The van der Waals surface area contributed by atoms with E-state index in [2.05, 4.69) is 36.5 Å². The molecule has 0 spiro atoms. The van der Waals surface area contributed by atoms with Gasteiger partial charge in [0.15, 0.2) is 0 Å². The van der Waals surface area contributed by atoms with Crippen LogP contribution in [-0.2, 0) is 5.75 Å². The molecular formula is C15H23NS. The third-order valence-electron chi connectivity index (χ3n) is 3.55. The van der Waals surface area contributed by atoms with Crippen LogP contribution in [0.1, 0.15) is 36.8 Å². The first kappa shape index (κ1) is 13.0.